The summed E-state index contributed by atoms with van der Waals surface area (Å²) >= 11 is 5.44. The van der Waals surface area contributed by atoms with E-state index in [0.29, 0.717) is 0 Å². The first kappa shape index (κ1) is 9.51. The zero-order valence-corrected chi connectivity index (χ0v) is 8.72. The Labute approximate surface area is 84.8 Å². The molecule has 2 heteroatoms. The van der Waals surface area contributed by atoms with E-state index < -0.39 is 0 Å². The maximum absolute atomic E-state index is 10.8. The van der Waals surface area contributed by atoms with Crippen LogP contribution in [0.4, 0.5) is 0 Å². The molecule has 0 amide bonds. The highest BCUT2D eigenvalue weighted by Crippen LogP contribution is 2.45. The highest BCUT2D eigenvalue weighted by Gasteiger charge is 2.38. The Morgan fingerprint density at radius 3 is 2.15 bits per heavy atom. The van der Waals surface area contributed by atoms with Crippen LogP contribution in [0.2, 0.25) is 0 Å². The van der Waals surface area contributed by atoms with Gasteiger partial charge in [0, 0.05) is 5.92 Å². The Morgan fingerprint density at radius 1 is 1.00 bits per heavy atom. The van der Waals surface area contributed by atoms with Gasteiger partial charge in [0.15, 0.2) is 0 Å². The van der Waals surface area contributed by atoms with Crippen molar-refractivity contribution in [2.75, 3.05) is 0 Å². The number of hydrogen-bond acceptors (Lipinski definition) is 1. The normalized spacial score (nSPS) is 35.5. The van der Waals surface area contributed by atoms with Crippen LogP contribution in [0.5, 0.6) is 0 Å². The van der Waals surface area contributed by atoms with Crippen LogP contribution in [-0.4, -0.2) is 5.24 Å². The van der Waals surface area contributed by atoms with Crippen molar-refractivity contribution in [3.05, 3.63) is 0 Å². The summed E-state index contributed by atoms with van der Waals surface area (Å²) < 4.78 is 0. The van der Waals surface area contributed by atoms with E-state index in [4.69, 9.17) is 11.6 Å². The molecule has 0 heterocycles. The summed E-state index contributed by atoms with van der Waals surface area (Å²) in [5, 5.41) is -0.105. The largest absolute Gasteiger partial charge is 0.281 e. The molecule has 0 aromatic carbocycles. The zero-order chi connectivity index (χ0) is 9.26. The molecule has 0 saturated heterocycles. The molecule has 1 nitrogen and oxygen atoms in total. The van der Waals surface area contributed by atoms with Crippen molar-refractivity contribution in [1.82, 2.24) is 0 Å². The quantitative estimate of drug-likeness (QED) is 0.625. The van der Waals surface area contributed by atoms with Gasteiger partial charge in [0.2, 0.25) is 5.24 Å². The Kier molecular flexibility index (Phi) is 2.92. The Bertz CT molecular complexity index is 190. The third-order valence-corrected chi connectivity index (χ3v) is 4.12. The van der Waals surface area contributed by atoms with Crippen LogP contribution in [0, 0.1) is 17.8 Å². The van der Waals surface area contributed by atoms with Gasteiger partial charge in [-0.15, -0.1) is 0 Å². The molecular weight excluding hydrogens is 184 g/mol. The van der Waals surface area contributed by atoms with E-state index >= 15 is 0 Å². The van der Waals surface area contributed by atoms with Gasteiger partial charge < -0.3 is 0 Å². The van der Waals surface area contributed by atoms with E-state index in [1.165, 1.54) is 32.1 Å². The smallest absolute Gasteiger partial charge is 0.224 e. The molecule has 0 N–H and O–H groups in total. The van der Waals surface area contributed by atoms with Crippen LogP contribution >= 0.6 is 11.6 Å². The van der Waals surface area contributed by atoms with Gasteiger partial charge in [-0.3, -0.25) is 4.79 Å². The van der Waals surface area contributed by atoms with Gasteiger partial charge in [-0.2, -0.15) is 0 Å². The van der Waals surface area contributed by atoms with Gasteiger partial charge in [-0.25, -0.2) is 0 Å². The number of halogens is 1. The van der Waals surface area contributed by atoms with E-state index in [1.54, 1.807) is 0 Å². The fraction of sp³-hybridized carbons (Fsp3) is 0.909. The Morgan fingerprint density at radius 2 is 1.62 bits per heavy atom. The molecule has 0 aliphatic heterocycles. The molecule has 0 atom stereocenters. The molecule has 0 spiro atoms. The average Bonchev–Trinajstić information content (AvgIpc) is 2.02. The summed E-state index contributed by atoms with van der Waals surface area (Å²) in [5.41, 5.74) is 0. The summed E-state index contributed by atoms with van der Waals surface area (Å²) in [6, 6.07) is 0. The summed E-state index contributed by atoms with van der Waals surface area (Å²) in [7, 11) is 0. The lowest BCUT2D eigenvalue weighted by molar-refractivity contribution is -0.119. The van der Waals surface area contributed by atoms with Crippen LogP contribution in [0.15, 0.2) is 0 Å². The predicted molar refractivity (Wildman–Crippen MR) is 53.6 cm³/mol. The molecule has 2 fully saturated rings. The summed E-state index contributed by atoms with van der Waals surface area (Å²) in [6.45, 7) is 0. The van der Waals surface area contributed by atoms with Crippen molar-refractivity contribution in [2.45, 2.75) is 44.9 Å². The number of rotatable bonds is 2. The third kappa shape index (κ3) is 2.07. The van der Waals surface area contributed by atoms with Gasteiger partial charge >= 0.3 is 0 Å². The molecule has 2 saturated carbocycles. The molecular formula is C11H17ClO. The molecule has 13 heavy (non-hydrogen) atoms. The zero-order valence-electron chi connectivity index (χ0n) is 7.97. The molecule has 2 aliphatic carbocycles. The van der Waals surface area contributed by atoms with Crippen molar-refractivity contribution in [3.8, 4) is 0 Å². The maximum atomic E-state index is 10.8. The highest BCUT2D eigenvalue weighted by molar-refractivity contribution is 6.64. The summed E-state index contributed by atoms with van der Waals surface area (Å²) in [4.78, 5) is 10.8. The number of hydrogen-bond donors (Lipinski definition) is 0. The van der Waals surface area contributed by atoms with Gasteiger partial charge in [0.1, 0.15) is 0 Å². The van der Waals surface area contributed by atoms with Crippen molar-refractivity contribution in [1.29, 1.82) is 0 Å². The van der Waals surface area contributed by atoms with Crippen LogP contribution in [-0.2, 0) is 4.79 Å². The molecule has 0 bridgehead atoms. The van der Waals surface area contributed by atoms with Gasteiger partial charge in [-0.1, -0.05) is 32.1 Å². The predicted octanol–water partition coefficient (Wildman–Crippen LogP) is 3.36. The minimum absolute atomic E-state index is 0.105. The molecule has 0 aromatic heterocycles. The van der Waals surface area contributed by atoms with E-state index in [9.17, 15) is 4.79 Å². The highest BCUT2D eigenvalue weighted by atomic mass is 35.5. The van der Waals surface area contributed by atoms with E-state index in [1.807, 2.05) is 0 Å². The Balaban J connectivity index is 1.75. The lowest BCUT2D eigenvalue weighted by atomic mass is 9.65. The first-order valence-electron chi connectivity index (χ1n) is 5.46. The van der Waals surface area contributed by atoms with Crippen LogP contribution in [0.3, 0.4) is 0 Å². The second-order valence-electron chi connectivity index (χ2n) is 4.63. The van der Waals surface area contributed by atoms with E-state index in [2.05, 4.69) is 0 Å². The maximum Gasteiger partial charge on any atom is 0.224 e. The van der Waals surface area contributed by atoms with Gasteiger partial charge in [0.05, 0.1) is 0 Å². The standard InChI is InChI=1S/C11H17ClO/c12-11(13)10-6-9(7-10)8-4-2-1-3-5-8/h8-10H,1-7H2. The lowest BCUT2D eigenvalue weighted by Crippen LogP contribution is -2.34. The molecule has 0 radical (unpaired) electrons. The van der Waals surface area contributed by atoms with Crippen LogP contribution in [0.1, 0.15) is 44.9 Å². The average molecular weight is 201 g/mol. The second-order valence-corrected chi connectivity index (χ2v) is 5.00. The first-order chi connectivity index (χ1) is 6.27. The number of carbonyl (C=O) groups is 1. The molecule has 74 valence electrons. The van der Waals surface area contributed by atoms with Crippen molar-refractivity contribution >= 4 is 16.8 Å². The SMILES string of the molecule is O=C(Cl)C1CC(C2CCCCC2)C1. The van der Waals surface area contributed by atoms with Crippen LogP contribution in [0.25, 0.3) is 0 Å². The van der Waals surface area contributed by atoms with Crippen molar-refractivity contribution < 1.29 is 4.79 Å². The monoisotopic (exact) mass is 200 g/mol. The first-order valence-corrected chi connectivity index (χ1v) is 5.84. The summed E-state index contributed by atoms with van der Waals surface area (Å²) in [6.07, 6.45) is 9.17. The fourth-order valence-corrected chi connectivity index (χ4v) is 3.02. The molecule has 0 unspecified atom stereocenters. The molecule has 2 rings (SSSR count). The molecule has 2 aliphatic rings. The Hall–Kier alpha value is -0.0400. The van der Waals surface area contributed by atoms with Gasteiger partial charge in [-0.05, 0) is 36.3 Å². The minimum atomic E-state index is -0.105. The second kappa shape index (κ2) is 4.00. The summed E-state index contributed by atoms with van der Waals surface area (Å²) in [5.74, 6) is 1.95. The van der Waals surface area contributed by atoms with E-state index in [0.717, 1.165) is 24.7 Å². The molecule has 0 aromatic rings. The third-order valence-electron chi connectivity index (χ3n) is 3.81. The topological polar surface area (TPSA) is 17.1 Å². The fourth-order valence-electron chi connectivity index (χ4n) is 2.84. The van der Waals surface area contributed by atoms with Crippen molar-refractivity contribution in [2.24, 2.45) is 17.8 Å². The van der Waals surface area contributed by atoms with Crippen LogP contribution < -0.4 is 0 Å². The minimum Gasteiger partial charge on any atom is -0.281 e. The van der Waals surface area contributed by atoms with Crippen molar-refractivity contribution in [3.63, 3.8) is 0 Å². The number of carbonyl (C=O) groups excluding carboxylic acids is 1. The lowest BCUT2D eigenvalue weighted by Gasteiger charge is -2.40. The van der Waals surface area contributed by atoms with Gasteiger partial charge in [0.25, 0.3) is 0 Å². The van der Waals surface area contributed by atoms with E-state index in [-0.39, 0.29) is 11.2 Å².